The number of anilines is 1. The van der Waals surface area contributed by atoms with E-state index in [1.54, 1.807) is 4.57 Å². The Balaban J connectivity index is 1.87. The molecular weight excluding hydrogens is 264 g/mol. The van der Waals surface area contributed by atoms with Crippen LogP contribution in [0.4, 0.5) is 5.82 Å². The predicted molar refractivity (Wildman–Crippen MR) is 82.3 cm³/mol. The van der Waals surface area contributed by atoms with E-state index >= 15 is 0 Å². The number of H-pyrrole nitrogens is 1. The van der Waals surface area contributed by atoms with Gasteiger partial charge in [0.15, 0.2) is 0 Å². The van der Waals surface area contributed by atoms with Gasteiger partial charge in [0.05, 0.1) is 12.1 Å². The third kappa shape index (κ3) is 2.11. The molecule has 106 valence electrons. The van der Waals surface area contributed by atoms with Crippen LogP contribution in [0.1, 0.15) is 30.0 Å². The maximum absolute atomic E-state index is 12.2. The number of nitrogens with two attached hydrogens (primary N) is 1. The first-order valence-electron chi connectivity index (χ1n) is 7.15. The summed E-state index contributed by atoms with van der Waals surface area (Å²) >= 11 is 0. The number of nitrogens with one attached hydrogen (secondary N) is 1. The summed E-state index contributed by atoms with van der Waals surface area (Å²) in [5.41, 5.74) is 9.43. The number of imidazole rings is 1. The standard InChI is InChI=1S/C16H16N4O/c17-15-14-13(8-12(18-15)11-6-7-11)20(16(21)19-14)9-10-4-2-1-3-5-10/h1-5,8,11H,6-7,9H2,(H2,17,18)(H,19,21). The summed E-state index contributed by atoms with van der Waals surface area (Å²) in [6.45, 7) is 0.535. The number of nitrogens with zero attached hydrogens (tertiary/aromatic N) is 2. The van der Waals surface area contributed by atoms with Crippen LogP contribution in [0, 0.1) is 0 Å². The molecule has 0 radical (unpaired) electrons. The number of nitrogen functional groups attached to an aromatic ring is 1. The molecule has 0 atom stereocenters. The summed E-state index contributed by atoms with van der Waals surface area (Å²) in [4.78, 5) is 19.5. The number of hydrogen-bond acceptors (Lipinski definition) is 3. The number of benzene rings is 1. The largest absolute Gasteiger partial charge is 0.382 e. The van der Waals surface area contributed by atoms with E-state index in [0.29, 0.717) is 23.8 Å². The number of fused-ring (bicyclic) bond motifs is 1. The highest BCUT2D eigenvalue weighted by Crippen LogP contribution is 2.40. The first-order chi connectivity index (χ1) is 10.2. The van der Waals surface area contributed by atoms with Crippen LogP contribution in [0.3, 0.4) is 0 Å². The van der Waals surface area contributed by atoms with Gasteiger partial charge in [-0.15, -0.1) is 0 Å². The Hall–Kier alpha value is -2.56. The van der Waals surface area contributed by atoms with Crippen molar-refractivity contribution < 1.29 is 0 Å². The molecule has 21 heavy (non-hydrogen) atoms. The van der Waals surface area contributed by atoms with Crippen molar-refractivity contribution in [3.8, 4) is 0 Å². The smallest absolute Gasteiger partial charge is 0.326 e. The molecular formula is C16H16N4O. The van der Waals surface area contributed by atoms with Crippen LogP contribution in [-0.4, -0.2) is 14.5 Å². The average molecular weight is 280 g/mol. The minimum absolute atomic E-state index is 0.143. The highest BCUT2D eigenvalue weighted by Gasteiger charge is 2.26. The van der Waals surface area contributed by atoms with E-state index in [0.717, 1.165) is 29.6 Å². The van der Waals surface area contributed by atoms with Crippen molar-refractivity contribution in [3.05, 3.63) is 58.1 Å². The molecule has 4 rings (SSSR count). The molecule has 1 aliphatic carbocycles. The minimum Gasteiger partial charge on any atom is -0.382 e. The molecule has 3 N–H and O–H groups in total. The summed E-state index contributed by atoms with van der Waals surface area (Å²) in [6.07, 6.45) is 2.32. The molecule has 0 amide bonds. The van der Waals surface area contributed by atoms with Gasteiger partial charge >= 0.3 is 5.69 Å². The second-order valence-electron chi connectivity index (χ2n) is 5.60. The SMILES string of the molecule is Nc1nc(C2CC2)cc2c1[nH]c(=O)n2Cc1ccccc1. The first-order valence-corrected chi connectivity index (χ1v) is 7.15. The van der Waals surface area contributed by atoms with E-state index in [2.05, 4.69) is 9.97 Å². The Morgan fingerprint density at radius 2 is 2.05 bits per heavy atom. The fraction of sp³-hybridized carbons (Fsp3) is 0.250. The number of aromatic nitrogens is 3. The number of pyridine rings is 1. The maximum Gasteiger partial charge on any atom is 0.326 e. The van der Waals surface area contributed by atoms with Crippen LogP contribution in [0.2, 0.25) is 0 Å². The Labute approximate surface area is 121 Å². The molecule has 0 bridgehead atoms. The maximum atomic E-state index is 12.2. The lowest BCUT2D eigenvalue weighted by atomic mass is 10.2. The molecule has 1 aromatic carbocycles. The van der Waals surface area contributed by atoms with Crippen molar-refractivity contribution in [1.29, 1.82) is 0 Å². The van der Waals surface area contributed by atoms with Gasteiger partial charge in [0.25, 0.3) is 0 Å². The van der Waals surface area contributed by atoms with Crippen molar-refractivity contribution >= 4 is 16.9 Å². The second kappa shape index (κ2) is 4.48. The van der Waals surface area contributed by atoms with Crippen molar-refractivity contribution in [2.75, 3.05) is 5.73 Å². The van der Waals surface area contributed by atoms with Crippen LogP contribution in [-0.2, 0) is 6.54 Å². The quantitative estimate of drug-likeness (QED) is 0.772. The van der Waals surface area contributed by atoms with Crippen LogP contribution < -0.4 is 11.4 Å². The Morgan fingerprint density at radius 3 is 2.76 bits per heavy atom. The second-order valence-corrected chi connectivity index (χ2v) is 5.60. The summed E-state index contributed by atoms with van der Waals surface area (Å²) in [6, 6.07) is 11.9. The molecule has 5 heteroatoms. The summed E-state index contributed by atoms with van der Waals surface area (Å²) in [5, 5.41) is 0. The molecule has 5 nitrogen and oxygen atoms in total. The van der Waals surface area contributed by atoms with Crippen molar-refractivity contribution in [1.82, 2.24) is 14.5 Å². The summed E-state index contributed by atoms with van der Waals surface area (Å²) in [5.74, 6) is 0.921. The van der Waals surface area contributed by atoms with Crippen LogP contribution >= 0.6 is 0 Å². The molecule has 2 heterocycles. The van der Waals surface area contributed by atoms with Gasteiger partial charge in [0.1, 0.15) is 11.3 Å². The lowest BCUT2D eigenvalue weighted by Gasteiger charge is -2.06. The van der Waals surface area contributed by atoms with Crippen molar-refractivity contribution in [3.63, 3.8) is 0 Å². The fourth-order valence-corrected chi connectivity index (χ4v) is 2.71. The average Bonchev–Trinajstić information content (AvgIpc) is 3.28. The van der Waals surface area contributed by atoms with Crippen molar-refractivity contribution in [2.24, 2.45) is 0 Å². The summed E-state index contributed by atoms with van der Waals surface area (Å²) in [7, 11) is 0. The molecule has 0 unspecified atom stereocenters. The molecule has 2 aromatic heterocycles. The number of aromatic amines is 1. The zero-order valence-electron chi connectivity index (χ0n) is 11.5. The van der Waals surface area contributed by atoms with E-state index in [4.69, 9.17) is 5.73 Å². The van der Waals surface area contributed by atoms with Gasteiger partial charge in [0, 0.05) is 11.6 Å². The molecule has 0 aliphatic heterocycles. The zero-order valence-corrected chi connectivity index (χ0v) is 11.5. The lowest BCUT2D eigenvalue weighted by Crippen LogP contribution is -2.17. The molecule has 0 spiro atoms. The topological polar surface area (TPSA) is 76.7 Å². The minimum atomic E-state index is -0.143. The van der Waals surface area contributed by atoms with Gasteiger partial charge in [0.2, 0.25) is 0 Å². The highest BCUT2D eigenvalue weighted by atomic mass is 16.1. The van der Waals surface area contributed by atoms with Gasteiger partial charge in [-0.3, -0.25) is 4.57 Å². The predicted octanol–water partition coefficient (Wildman–Crippen LogP) is 2.23. The van der Waals surface area contributed by atoms with Gasteiger partial charge in [-0.2, -0.15) is 0 Å². The summed E-state index contributed by atoms with van der Waals surface area (Å²) < 4.78 is 1.73. The number of rotatable bonds is 3. The van der Waals surface area contributed by atoms with Gasteiger partial charge in [-0.05, 0) is 24.5 Å². The van der Waals surface area contributed by atoms with E-state index in [1.807, 2.05) is 36.4 Å². The van der Waals surface area contributed by atoms with Gasteiger partial charge < -0.3 is 10.7 Å². The van der Waals surface area contributed by atoms with E-state index < -0.39 is 0 Å². The monoisotopic (exact) mass is 280 g/mol. The molecule has 1 aliphatic rings. The Morgan fingerprint density at radius 1 is 1.29 bits per heavy atom. The molecule has 1 saturated carbocycles. The van der Waals surface area contributed by atoms with Crippen LogP contribution in [0.15, 0.2) is 41.2 Å². The zero-order chi connectivity index (χ0) is 14.4. The lowest BCUT2D eigenvalue weighted by molar-refractivity contribution is 0.786. The van der Waals surface area contributed by atoms with E-state index in [-0.39, 0.29) is 5.69 Å². The highest BCUT2D eigenvalue weighted by molar-refractivity contribution is 5.85. The van der Waals surface area contributed by atoms with Gasteiger partial charge in [-0.25, -0.2) is 9.78 Å². The fourth-order valence-electron chi connectivity index (χ4n) is 2.71. The van der Waals surface area contributed by atoms with Crippen LogP contribution in [0.5, 0.6) is 0 Å². The molecule has 3 aromatic rings. The third-order valence-electron chi connectivity index (χ3n) is 3.99. The Kier molecular flexibility index (Phi) is 2.60. The third-order valence-corrected chi connectivity index (χ3v) is 3.99. The van der Waals surface area contributed by atoms with Crippen molar-refractivity contribution in [2.45, 2.75) is 25.3 Å². The van der Waals surface area contributed by atoms with E-state index in [1.165, 1.54) is 0 Å². The van der Waals surface area contributed by atoms with Gasteiger partial charge in [-0.1, -0.05) is 30.3 Å². The molecule has 1 fully saturated rings. The normalized spacial score (nSPS) is 14.7. The molecule has 0 saturated heterocycles. The van der Waals surface area contributed by atoms with E-state index in [9.17, 15) is 4.79 Å². The Bertz CT molecular complexity index is 859. The first kappa shape index (κ1) is 12.2. The number of hydrogen-bond donors (Lipinski definition) is 2. The van der Waals surface area contributed by atoms with Crippen LogP contribution in [0.25, 0.3) is 11.0 Å².